The van der Waals surface area contributed by atoms with Gasteiger partial charge in [0.2, 0.25) is 5.91 Å². The van der Waals surface area contributed by atoms with Crippen LogP contribution in [0.25, 0.3) is 0 Å². The molecule has 0 radical (unpaired) electrons. The summed E-state index contributed by atoms with van der Waals surface area (Å²) >= 11 is 0. The molecule has 0 aliphatic rings. The number of hydrogen-bond acceptors (Lipinski definition) is 5. The van der Waals surface area contributed by atoms with Crippen molar-refractivity contribution >= 4 is 17.6 Å². The Morgan fingerprint density at radius 3 is 2.70 bits per heavy atom. The van der Waals surface area contributed by atoms with Crippen LogP contribution < -0.4 is 5.32 Å². The maximum Gasteiger partial charge on any atom is 0.339 e. The van der Waals surface area contributed by atoms with Crippen LogP contribution in [0.2, 0.25) is 0 Å². The number of nitrogens with zero attached hydrogens (tertiary/aromatic N) is 3. The van der Waals surface area contributed by atoms with Crippen LogP contribution in [0.3, 0.4) is 0 Å². The Morgan fingerprint density at radius 1 is 1.40 bits per heavy atom. The molecule has 3 N–H and O–H groups in total. The largest absolute Gasteiger partial charge is 0.507 e. The number of aromatic carboxylic acids is 1. The lowest BCUT2D eigenvalue weighted by molar-refractivity contribution is -0.119. The number of carboxylic acid groups (broad SMARTS) is 1. The van der Waals surface area contributed by atoms with Crippen LogP contribution >= 0.6 is 0 Å². The lowest BCUT2D eigenvalue weighted by atomic mass is 10.2. The Morgan fingerprint density at radius 2 is 2.15 bits per heavy atom. The predicted octanol–water partition coefficient (Wildman–Crippen LogP) is 0.882. The summed E-state index contributed by atoms with van der Waals surface area (Å²) in [6.45, 7) is 1.63. The van der Waals surface area contributed by atoms with Crippen LogP contribution in [0, 0.1) is 0 Å². The first-order chi connectivity index (χ1) is 9.49. The number of anilines is 1. The highest BCUT2D eigenvalue weighted by atomic mass is 16.4. The second kappa shape index (κ2) is 5.39. The number of benzene rings is 1. The van der Waals surface area contributed by atoms with E-state index in [0.717, 1.165) is 0 Å². The Bertz CT molecular complexity index is 639. The van der Waals surface area contributed by atoms with Crippen LogP contribution in [0.15, 0.2) is 30.9 Å². The normalized spacial score (nSPS) is 11.8. The van der Waals surface area contributed by atoms with Crippen molar-refractivity contribution in [3.63, 3.8) is 0 Å². The van der Waals surface area contributed by atoms with Gasteiger partial charge in [-0.15, -0.1) is 0 Å². The summed E-state index contributed by atoms with van der Waals surface area (Å²) in [7, 11) is 0. The molecule has 0 saturated heterocycles. The average Bonchev–Trinajstić information content (AvgIpc) is 2.91. The van der Waals surface area contributed by atoms with Crippen molar-refractivity contribution < 1.29 is 19.8 Å². The first-order valence-electron chi connectivity index (χ1n) is 5.70. The van der Waals surface area contributed by atoms with Gasteiger partial charge in [-0.3, -0.25) is 4.79 Å². The van der Waals surface area contributed by atoms with Crippen LogP contribution in [0.1, 0.15) is 23.3 Å². The van der Waals surface area contributed by atoms with E-state index in [-0.39, 0.29) is 11.5 Å². The van der Waals surface area contributed by atoms with Gasteiger partial charge < -0.3 is 15.5 Å². The van der Waals surface area contributed by atoms with Crippen molar-refractivity contribution in [3.8, 4) is 5.75 Å². The van der Waals surface area contributed by atoms with Crippen LogP contribution in [-0.2, 0) is 4.79 Å². The molecule has 1 atom stereocenters. The minimum Gasteiger partial charge on any atom is -0.507 e. The monoisotopic (exact) mass is 276 g/mol. The van der Waals surface area contributed by atoms with Gasteiger partial charge in [-0.1, -0.05) is 0 Å². The Labute approximate surface area is 113 Å². The Balaban J connectivity index is 2.12. The zero-order valence-electron chi connectivity index (χ0n) is 10.5. The van der Waals surface area contributed by atoms with E-state index in [2.05, 4.69) is 15.4 Å². The van der Waals surface area contributed by atoms with Gasteiger partial charge in [0, 0.05) is 11.8 Å². The third-order valence-corrected chi connectivity index (χ3v) is 2.71. The van der Waals surface area contributed by atoms with E-state index < -0.39 is 17.8 Å². The number of amides is 1. The molecule has 8 nitrogen and oxygen atoms in total. The molecule has 0 saturated carbocycles. The lowest BCUT2D eigenvalue weighted by Crippen LogP contribution is -2.24. The number of hydrogen-bond donors (Lipinski definition) is 3. The van der Waals surface area contributed by atoms with Gasteiger partial charge in [-0.05, 0) is 19.1 Å². The van der Waals surface area contributed by atoms with Crippen LogP contribution in [0.5, 0.6) is 5.75 Å². The summed E-state index contributed by atoms with van der Waals surface area (Å²) in [4.78, 5) is 26.4. The quantitative estimate of drug-likeness (QED) is 0.763. The van der Waals surface area contributed by atoms with Crippen molar-refractivity contribution in [1.82, 2.24) is 14.8 Å². The van der Waals surface area contributed by atoms with E-state index in [1.807, 2.05) is 0 Å². The molecule has 0 bridgehead atoms. The number of carbonyl (C=O) groups is 2. The number of rotatable bonds is 4. The number of carboxylic acids is 1. The molecule has 0 fully saturated rings. The highest BCUT2D eigenvalue weighted by Gasteiger charge is 2.16. The molecule has 2 aromatic rings. The second-order valence-corrected chi connectivity index (χ2v) is 4.08. The molecule has 2 rings (SSSR count). The summed E-state index contributed by atoms with van der Waals surface area (Å²) < 4.78 is 1.38. The third kappa shape index (κ3) is 2.74. The van der Waals surface area contributed by atoms with E-state index >= 15 is 0 Å². The summed E-state index contributed by atoms with van der Waals surface area (Å²) in [6.07, 6.45) is 2.73. The van der Waals surface area contributed by atoms with Crippen molar-refractivity contribution in [2.24, 2.45) is 0 Å². The highest BCUT2D eigenvalue weighted by molar-refractivity contribution is 5.95. The van der Waals surface area contributed by atoms with Gasteiger partial charge >= 0.3 is 5.97 Å². The molecule has 0 aliphatic heterocycles. The molecule has 20 heavy (non-hydrogen) atoms. The molecule has 1 heterocycles. The van der Waals surface area contributed by atoms with Crippen molar-refractivity contribution in [2.75, 3.05) is 5.32 Å². The summed E-state index contributed by atoms with van der Waals surface area (Å²) in [5, 5.41) is 24.7. The second-order valence-electron chi connectivity index (χ2n) is 4.08. The smallest absolute Gasteiger partial charge is 0.339 e. The fourth-order valence-corrected chi connectivity index (χ4v) is 1.57. The van der Waals surface area contributed by atoms with Crippen molar-refractivity contribution in [1.29, 1.82) is 0 Å². The van der Waals surface area contributed by atoms with E-state index in [1.54, 1.807) is 6.92 Å². The molecule has 104 valence electrons. The maximum atomic E-state index is 11.9. The Kier molecular flexibility index (Phi) is 3.65. The number of aromatic nitrogens is 3. The van der Waals surface area contributed by atoms with Crippen LogP contribution in [0.4, 0.5) is 5.69 Å². The molecule has 1 unspecified atom stereocenters. The topological polar surface area (TPSA) is 117 Å². The van der Waals surface area contributed by atoms with Gasteiger partial charge in [0.25, 0.3) is 0 Å². The summed E-state index contributed by atoms with van der Waals surface area (Å²) in [6, 6.07) is 3.21. The van der Waals surface area contributed by atoms with Crippen molar-refractivity contribution in [3.05, 3.63) is 36.4 Å². The maximum absolute atomic E-state index is 11.9. The van der Waals surface area contributed by atoms with Crippen LogP contribution in [-0.4, -0.2) is 36.9 Å². The first-order valence-corrected chi connectivity index (χ1v) is 5.70. The van der Waals surface area contributed by atoms with Gasteiger partial charge in [-0.25, -0.2) is 14.5 Å². The van der Waals surface area contributed by atoms with E-state index in [4.69, 9.17) is 5.11 Å². The Hall–Kier alpha value is -2.90. The summed E-state index contributed by atoms with van der Waals surface area (Å²) in [5.41, 5.74) is 0.0665. The standard InChI is InChI=1S/C12H12N4O4/c1-7(16-6-13-5-14-16)11(18)15-8-2-3-9(12(19)20)10(17)4-8/h2-7,17H,1H3,(H,15,18)(H,19,20). The third-order valence-electron chi connectivity index (χ3n) is 2.71. The van der Waals surface area contributed by atoms with E-state index in [0.29, 0.717) is 5.69 Å². The number of phenols is 1. The fourth-order valence-electron chi connectivity index (χ4n) is 1.57. The molecular formula is C12H12N4O4. The molecule has 1 aromatic carbocycles. The average molecular weight is 276 g/mol. The lowest BCUT2D eigenvalue weighted by Gasteiger charge is -2.12. The molecule has 1 aromatic heterocycles. The number of carbonyl (C=O) groups excluding carboxylic acids is 1. The van der Waals surface area contributed by atoms with E-state index in [1.165, 1.54) is 35.5 Å². The first kappa shape index (κ1) is 13.5. The minimum atomic E-state index is -1.24. The molecule has 0 aliphatic carbocycles. The van der Waals surface area contributed by atoms with Gasteiger partial charge in [0.05, 0.1) is 0 Å². The fraction of sp³-hybridized carbons (Fsp3) is 0.167. The molecule has 0 spiro atoms. The molecular weight excluding hydrogens is 264 g/mol. The van der Waals surface area contributed by atoms with Gasteiger partial charge in [-0.2, -0.15) is 5.10 Å². The zero-order valence-corrected chi connectivity index (χ0v) is 10.5. The van der Waals surface area contributed by atoms with Gasteiger partial charge in [0.15, 0.2) is 0 Å². The molecule has 8 heteroatoms. The summed E-state index contributed by atoms with van der Waals surface area (Å²) in [5.74, 6) is -2.02. The van der Waals surface area contributed by atoms with E-state index in [9.17, 15) is 14.7 Å². The predicted molar refractivity (Wildman–Crippen MR) is 68.4 cm³/mol. The minimum absolute atomic E-state index is 0.229. The number of aromatic hydroxyl groups is 1. The van der Waals surface area contributed by atoms with Crippen molar-refractivity contribution in [2.45, 2.75) is 13.0 Å². The van der Waals surface area contributed by atoms with Gasteiger partial charge in [0.1, 0.15) is 30.0 Å². The molecule has 1 amide bonds. The SMILES string of the molecule is CC(C(=O)Nc1ccc(C(=O)O)c(O)c1)n1cncn1. The number of nitrogens with one attached hydrogen (secondary N) is 1. The highest BCUT2D eigenvalue weighted by Crippen LogP contribution is 2.22. The zero-order chi connectivity index (χ0) is 14.7.